The van der Waals surface area contributed by atoms with Crippen LogP contribution in [0.5, 0.6) is 5.75 Å². The Morgan fingerprint density at radius 1 is 1.00 bits per heavy atom. The van der Waals surface area contributed by atoms with Gasteiger partial charge in [0.05, 0.1) is 13.2 Å². The van der Waals surface area contributed by atoms with Gasteiger partial charge in [0.1, 0.15) is 11.6 Å². The van der Waals surface area contributed by atoms with Crippen LogP contribution < -0.4 is 4.74 Å². The van der Waals surface area contributed by atoms with E-state index in [1.54, 1.807) is 12.1 Å². The van der Waals surface area contributed by atoms with Gasteiger partial charge in [0.2, 0.25) is 0 Å². The van der Waals surface area contributed by atoms with Gasteiger partial charge in [-0.05, 0) is 29.8 Å². The molecule has 0 saturated carbocycles. The molecule has 0 aliphatic carbocycles. The first-order valence-electron chi connectivity index (χ1n) is 5.84. The van der Waals surface area contributed by atoms with Gasteiger partial charge < -0.3 is 9.84 Å². The van der Waals surface area contributed by atoms with Gasteiger partial charge in [0, 0.05) is 5.92 Å². The normalized spacial score (nSPS) is 12.1. The van der Waals surface area contributed by atoms with Crippen LogP contribution in [0.1, 0.15) is 11.5 Å². The van der Waals surface area contributed by atoms with E-state index >= 15 is 0 Å². The topological polar surface area (TPSA) is 29.5 Å². The minimum absolute atomic E-state index is 0.0293. The number of hydrogen-bond acceptors (Lipinski definition) is 2. The van der Waals surface area contributed by atoms with Crippen molar-refractivity contribution in [1.82, 2.24) is 0 Å². The molecule has 2 aromatic carbocycles. The monoisotopic (exact) mass is 246 g/mol. The highest BCUT2D eigenvalue weighted by atomic mass is 19.1. The van der Waals surface area contributed by atoms with Gasteiger partial charge in [-0.1, -0.05) is 30.3 Å². The first-order chi connectivity index (χ1) is 8.79. The summed E-state index contributed by atoms with van der Waals surface area (Å²) in [5.74, 6) is 0.336. The lowest BCUT2D eigenvalue weighted by molar-refractivity contribution is 0.205. The van der Waals surface area contributed by atoms with Crippen LogP contribution in [0, 0.1) is 5.82 Å². The average molecular weight is 246 g/mol. The lowest BCUT2D eigenvalue weighted by Crippen LogP contribution is -2.14. The van der Waals surface area contributed by atoms with Crippen molar-refractivity contribution in [2.24, 2.45) is 0 Å². The number of rotatable bonds is 5. The number of para-hydroxylation sites is 1. The molecular weight excluding hydrogens is 231 g/mol. The Morgan fingerprint density at radius 3 is 2.28 bits per heavy atom. The molecule has 0 amide bonds. The van der Waals surface area contributed by atoms with Gasteiger partial charge in [-0.2, -0.15) is 0 Å². The van der Waals surface area contributed by atoms with Crippen molar-refractivity contribution < 1.29 is 14.2 Å². The van der Waals surface area contributed by atoms with E-state index in [1.807, 2.05) is 30.3 Å². The Bertz CT molecular complexity index is 468. The fourth-order valence-electron chi connectivity index (χ4n) is 1.70. The van der Waals surface area contributed by atoms with Crippen LogP contribution in [0.3, 0.4) is 0 Å². The summed E-state index contributed by atoms with van der Waals surface area (Å²) in [7, 11) is 0. The van der Waals surface area contributed by atoms with Crippen LogP contribution in [0.4, 0.5) is 4.39 Å². The van der Waals surface area contributed by atoms with Crippen molar-refractivity contribution in [3.8, 4) is 5.75 Å². The molecule has 2 nitrogen and oxygen atoms in total. The van der Waals surface area contributed by atoms with E-state index in [0.29, 0.717) is 6.61 Å². The molecular formula is C15H15FO2. The fourth-order valence-corrected chi connectivity index (χ4v) is 1.70. The minimum Gasteiger partial charge on any atom is -0.493 e. The molecule has 1 unspecified atom stereocenters. The summed E-state index contributed by atoms with van der Waals surface area (Å²) in [6.45, 7) is 0.338. The van der Waals surface area contributed by atoms with Gasteiger partial charge in [-0.25, -0.2) is 4.39 Å². The standard InChI is InChI=1S/C15H15FO2/c16-14-8-6-12(7-9-14)13(10-17)11-18-15-4-2-1-3-5-15/h1-9,13,17H,10-11H2. The molecule has 0 radical (unpaired) electrons. The third-order valence-electron chi connectivity index (χ3n) is 2.76. The molecule has 0 saturated heterocycles. The van der Waals surface area contributed by atoms with Gasteiger partial charge in [-0.15, -0.1) is 0 Å². The lowest BCUT2D eigenvalue weighted by Gasteiger charge is -2.15. The molecule has 0 aliphatic heterocycles. The molecule has 3 heteroatoms. The van der Waals surface area contributed by atoms with Crippen LogP contribution in [-0.4, -0.2) is 18.3 Å². The molecule has 94 valence electrons. The minimum atomic E-state index is -0.278. The summed E-state index contributed by atoms with van der Waals surface area (Å²) in [6, 6.07) is 15.5. The van der Waals surface area contributed by atoms with E-state index in [9.17, 15) is 9.50 Å². The van der Waals surface area contributed by atoms with Crippen molar-refractivity contribution in [2.75, 3.05) is 13.2 Å². The zero-order valence-electron chi connectivity index (χ0n) is 9.92. The molecule has 0 aliphatic rings. The molecule has 2 rings (SSSR count). The lowest BCUT2D eigenvalue weighted by atomic mass is 10.0. The highest BCUT2D eigenvalue weighted by Crippen LogP contribution is 2.18. The van der Waals surface area contributed by atoms with Gasteiger partial charge in [0.25, 0.3) is 0 Å². The smallest absolute Gasteiger partial charge is 0.123 e. The van der Waals surface area contributed by atoms with Gasteiger partial charge in [-0.3, -0.25) is 0 Å². The molecule has 18 heavy (non-hydrogen) atoms. The Balaban J connectivity index is 1.99. The van der Waals surface area contributed by atoms with Crippen molar-refractivity contribution in [3.05, 3.63) is 66.0 Å². The highest BCUT2D eigenvalue weighted by Gasteiger charge is 2.11. The number of aliphatic hydroxyl groups excluding tert-OH is 1. The molecule has 2 aromatic rings. The van der Waals surface area contributed by atoms with Crippen LogP contribution in [0.2, 0.25) is 0 Å². The summed E-state index contributed by atoms with van der Waals surface area (Å²) >= 11 is 0. The predicted molar refractivity (Wildman–Crippen MR) is 68.2 cm³/mol. The van der Waals surface area contributed by atoms with E-state index < -0.39 is 0 Å². The zero-order valence-corrected chi connectivity index (χ0v) is 9.92. The molecule has 0 aromatic heterocycles. The summed E-state index contributed by atoms with van der Waals surface area (Å²) in [5, 5.41) is 9.35. The maximum Gasteiger partial charge on any atom is 0.123 e. The van der Waals surface area contributed by atoms with Crippen molar-refractivity contribution >= 4 is 0 Å². The number of aliphatic hydroxyl groups is 1. The molecule has 0 fully saturated rings. The summed E-state index contributed by atoms with van der Waals surface area (Å²) in [4.78, 5) is 0. The molecule has 1 atom stereocenters. The van der Waals surface area contributed by atoms with E-state index in [-0.39, 0.29) is 18.3 Å². The third kappa shape index (κ3) is 3.31. The maximum atomic E-state index is 12.8. The number of hydrogen-bond donors (Lipinski definition) is 1. The van der Waals surface area contributed by atoms with Gasteiger partial charge >= 0.3 is 0 Å². The summed E-state index contributed by atoms with van der Waals surface area (Å²) in [5.41, 5.74) is 0.870. The van der Waals surface area contributed by atoms with Crippen molar-refractivity contribution in [1.29, 1.82) is 0 Å². The van der Waals surface area contributed by atoms with Crippen molar-refractivity contribution in [2.45, 2.75) is 5.92 Å². The van der Waals surface area contributed by atoms with Crippen LogP contribution in [0.15, 0.2) is 54.6 Å². The van der Waals surface area contributed by atoms with Crippen LogP contribution in [-0.2, 0) is 0 Å². The number of benzene rings is 2. The predicted octanol–water partition coefficient (Wildman–Crippen LogP) is 2.98. The Kier molecular flexibility index (Phi) is 4.31. The van der Waals surface area contributed by atoms with Crippen LogP contribution in [0.25, 0.3) is 0 Å². The van der Waals surface area contributed by atoms with E-state index in [1.165, 1.54) is 12.1 Å². The highest BCUT2D eigenvalue weighted by molar-refractivity contribution is 5.23. The molecule has 0 heterocycles. The summed E-state index contributed by atoms with van der Waals surface area (Å²) in [6.07, 6.45) is 0. The first kappa shape index (κ1) is 12.6. The van der Waals surface area contributed by atoms with Crippen LogP contribution >= 0.6 is 0 Å². The number of halogens is 1. The second-order valence-corrected chi connectivity index (χ2v) is 4.06. The van der Waals surface area contributed by atoms with Gasteiger partial charge in [0.15, 0.2) is 0 Å². The Hall–Kier alpha value is -1.87. The third-order valence-corrected chi connectivity index (χ3v) is 2.76. The Morgan fingerprint density at radius 2 is 1.67 bits per heavy atom. The second-order valence-electron chi connectivity index (χ2n) is 4.06. The summed E-state index contributed by atoms with van der Waals surface area (Å²) < 4.78 is 18.4. The molecule has 1 N–H and O–H groups in total. The van der Waals surface area contributed by atoms with Crippen molar-refractivity contribution in [3.63, 3.8) is 0 Å². The molecule has 0 spiro atoms. The van der Waals surface area contributed by atoms with E-state index in [0.717, 1.165) is 11.3 Å². The SMILES string of the molecule is OCC(COc1ccccc1)c1ccc(F)cc1. The second kappa shape index (κ2) is 6.17. The quantitative estimate of drug-likeness (QED) is 0.878. The van der Waals surface area contributed by atoms with E-state index in [4.69, 9.17) is 4.74 Å². The maximum absolute atomic E-state index is 12.8. The Labute approximate surface area is 106 Å². The van der Waals surface area contributed by atoms with E-state index in [2.05, 4.69) is 0 Å². The largest absolute Gasteiger partial charge is 0.493 e. The first-order valence-corrected chi connectivity index (χ1v) is 5.84. The average Bonchev–Trinajstić information content (AvgIpc) is 2.42. The molecule has 0 bridgehead atoms. The fraction of sp³-hybridized carbons (Fsp3) is 0.200. The number of ether oxygens (including phenoxy) is 1. The zero-order chi connectivity index (χ0) is 12.8.